The molecule has 0 saturated carbocycles. The molecule has 0 fully saturated rings. The number of benzene rings is 2. The van der Waals surface area contributed by atoms with Crippen LogP contribution in [0.3, 0.4) is 0 Å². The van der Waals surface area contributed by atoms with Crippen molar-refractivity contribution in [1.29, 1.82) is 0 Å². The molecule has 0 unspecified atom stereocenters. The van der Waals surface area contributed by atoms with Crippen molar-refractivity contribution in [3.63, 3.8) is 0 Å². The van der Waals surface area contributed by atoms with Crippen molar-refractivity contribution in [2.24, 2.45) is 5.10 Å². The van der Waals surface area contributed by atoms with Gasteiger partial charge in [0.2, 0.25) is 0 Å². The number of carbonyl (C=O) groups excluding carboxylic acids is 1. The molecule has 102 valence electrons. The maximum atomic E-state index is 11.7. The summed E-state index contributed by atoms with van der Waals surface area (Å²) in [6.07, 6.45) is 0. The second-order valence-electron chi connectivity index (χ2n) is 4.25. The number of hydrogen-bond donors (Lipinski definition) is 3. The fourth-order valence-electron chi connectivity index (χ4n) is 1.60. The van der Waals surface area contributed by atoms with Gasteiger partial charge in [-0.25, -0.2) is 10.2 Å². The summed E-state index contributed by atoms with van der Waals surface area (Å²) in [4.78, 5) is 11.7. The zero-order valence-electron chi connectivity index (χ0n) is 11.1. The molecule has 5 nitrogen and oxygen atoms in total. The first-order chi connectivity index (χ1) is 9.65. The average molecular weight is 268 g/mol. The van der Waals surface area contributed by atoms with Gasteiger partial charge in [0.25, 0.3) is 0 Å². The molecule has 0 spiro atoms. The van der Waals surface area contributed by atoms with E-state index < -0.39 is 0 Å². The molecule has 0 heterocycles. The third-order valence-electron chi connectivity index (χ3n) is 2.69. The summed E-state index contributed by atoms with van der Waals surface area (Å²) in [6.45, 7) is 1.81. The second-order valence-corrected chi connectivity index (χ2v) is 4.25. The summed E-state index contributed by atoms with van der Waals surface area (Å²) in [5.74, 6) is 0. The van der Waals surface area contributed by atoms with Gasteiger partial charge in [-0.1, -0.05) is 30.3 Å². The lowest BCUT2D eigenvalue weighted by molar-refractivity contribution is 0.252. The van der Waals surface area contributed by atoms with Crippen LogP contribution in [-0.2, 0) is 0 Å². The van der Waals surface area contributed by atoms with Crippen LogP contribution >= 0.6 is 0 Å². The van der Waals surface area contributed by atoms with Crippen LogP contribution in [-0.4, -0.2) is 11.7 Å². The molecule has 4 N–H and O–H groups in total. The van der Waals surface area contributed by atoms with Crippen molar-refractivity contribution in [2.45, 2.75) is 6.92 Å². The quantitative estimate of drug-likeness (QED) is 0.454. The van der Waals surface area contributed by atoms with Crippen LogP contribution in [0, 0.1) is 0 Å². The Morgan fingerprint density at radius 2 is 1.70 bits per heavy atom. The normalized spacial score (nSPS) is 10.9. The van der Waals surface area contributed by atoms with Gasteiger partial charge in [0.1, 0.15) is 0 Å². The number of carbonyl (C=O) groups is 1. The minimum Gasteiger partial charge on any atom is -0.399 e. The molecule has 2 aromatic rings. The molecule has 0 bridgehead atoms. The first-order valence-electron chi connectivity index (χ1n) is 6.17. The summed E-state index contributed by atoms with van der Waals surface area (Å²) in [5, 5.41) is 6.71. The SMILES string of the molecule is CC(=NNC(=O)Nc1ccccc1)c1ccc(N)cc1. The molecule has 0 aromatic heterocycles. The molecule has 0 aliphatic carbocycles. The summed E-state index contributed by atoms with van der Waals surface area (Å²) >= 11 is 0. The van der Waals surface area contributed by atoms with Gasteiger partial charge in [-0.3, -0.25) is 0 Å². The maximum absolute atomic E-state index is 11.7. The Morgan fingerprint density at radius 1 is 1.05 bits per heavy atom. The van der Waals surface area contributed by atoms with Crippen molar-refractivity contribution in [3.05, 3.63) is 60.2 Å². The highest BCUT2D eigenvalue weighted by molar-refractivity contribution is 6.00. The minimum atomic E-state index is -0.383. The lowest BCUT2D eigenvalue weighted by Crippen LogP contribution is -2.25. The fourth-order valence-corrected chi connectivity index (χ4v) is 1.60. The van der Waals surface area contributed by atoms with E-state index in [9.17, 15) is 4.79 Å². The van der Waals surface area contributed by atoms with E-state index in [0.29, 0.717) is 17.1 Å². The molecular formula is C15H16N4O. The van der Waals surface area contributed by atoms with E-state index in [1.54, 1.807) is 24.3 Å². The first kappa shape index (κ1) is 13.6. The zero-order chi connectivity index (χ0) is 14.4. The van der Waals surface area contributed by atoms with Gasteiger partial charge < -0.3 is 11.1 Å². The molecule has 0 saturated heterocycles. The van der Waals surface area contributed by atoms with Crippen LogP contribution < -0.4 is 16.5 Å². The predicted molar refractivity (Wildman–Crippen MR) is 81.7 cm³/mol. The monoisotopic (exact) mass is 268 g/mol. The number of hydrogen-bond acceptors (Lipinski definition) is 3. The van der Waals surface area contributed by atoms with Gasteiger partial charge in [-0.15, -0.1) is 0 Å². The smallest absolute Gasteiger partial charge is 0.339 e. The van der Waals surface area contributed by atoms with Crippen LogP contribution in [0.15, 0.2) is 59.7 Å². The summed E-state index contributed by atoms with van der Waals surface area (Å²) in [7, 11) is 0. The summed E-state index contributed by atoms with van der Waals surface area (Å²) < 4.78 is 0. The Morgan fingerprint density at radius 3 is 2.35 bits per heavy atom. The average Bonchev–Trinajstić information content (AvgIpc) is 2.46. The van der Waals surface area contributed by atoms with E-state index in [-0.39, 0.29) is 6.03 Å². The van der Waals surface area contributed by atoms with E-state index in [1.807, 2.05) is 37.3 Å². The molecule has 5 heteroatoms. The van der Waals surface area contributed by atoms with Crippen molar-refractivity contribution in [3.8, 4) is 0 Å². The molecule has 0 atom stereocenters. The van der Waals surface area contributed by atoms with E-state index in [2.05, 4.69) is 15.8 Å². The number of para-hydroxylation sites is 1. The predicted octanol–water partition coefficient (Wildman–Crippen LogP) is 2.81. The molecule has 20 heavy (non-hydrogen) atoms. The van der Waals surface area contributed by atoms with Gasteiger partial charge in [-0.2, -0.15) is 5.10 Å². The molecular weight excluding hydrogens is 252 g/mol. The minimum absolute atomic E-state index is 0.383. The summed E-state index contributed by atoms with van der Waals surface area (Å²) in [6, 6.07) is 16.1. The van der Waals surface area contributed by atoms with Gasteiger partial charge in [-0.05, 0) is 36.8 Å². The first-order valence-corrected chi connectivity index (χ1v) is 6.17. The van der Waals surface area contributed by atoms with Crippen molar-refractivity contribution in [2.75, 3.05) is 11.1 Å². The van der Waals surface area contributed by atoms with Gasteiger partial charge in [0.05, 0.1) is 5.71 Å². The number of anilines is 2. The number of nitrogens with zero attached hydrogens (tertiary/aromatic N) is 1. The number of nitrogens with one attached hydrogen (secondary N) is 2. The molecule has 2 amide bonds. The standard InChI is InChI=1S/C15H16N4O/c1-11(12-7-9-13(16)10-8-12)18-19-15(20)17-14-5-3-2-4-6-14/h2-10H,16H2,1H3,(H2,17,19,20). The van der Waals surface area contributed by atoms with Crippen molar-refractivity contribution >= 4 is 23.1 Å². The zero-order valence-corrected chi connectivity index (χ0v) is 11.1. The Hall–Kier alpha value is -2.82. The lowest BCUT2D eigenvalue weighted by atomic mass is 10.1. The lowest BCUT2D eigenvalue weighted by Gasteiger charge is -2.05. The number of urea groups is 1. The van der Waals surface area contributed by atoms with Crippen LogP contribution in [0.4, 0.5) is 16.2 Å². The highest BCUT2D eigenvalue weighted by Gasteiger charge is 2.01. The maximum Gasteiger partial charge on any atom is 0.339 e. The van der Waals surface area contributed by atoms with Crippen LogP contribution in [0.2, 0.25) is 0 Å². The molecule has 0 aliphatic rings. The highest BCUT2D eigenvalue weighted by Crippen LogP contribution is 2.07. The van der Waals surface area contributed by atoms with E-state index in [0.717, 1.165) is 5.56 Å². The van der Waals surface area contributed by atoms with E-state index in [4.69, 9.17) is 5.73 Å². The van der Waals surface area contributed by atoms with Gasteiger partial charge in [0, 0.05) is 11.4 Å². The molecule has 0 radical (unpaired) electrons. The van der Waals surface area contributed by atoms with Crippen molar-refractivity contribution in [1.82, 2.24) is 5.43 Å². The highest BCUT2D eigenvalue weighted by atomic mass is 16.2. The number of rotatable bonds is 3. The second kappa shape index (κ2) is 6.38. The summed E-state index contributed by atoms with van der Waals surface area (Å²) in [5.41, 5.74) is 11.1. The fraction of sp³-hybridized carbons (Fsp3) is 0.0667. The number of nitrogen functional groups attached to an aromatic ring is 1. The topological polar surface area (TPSA) is 79.5 Å². The molecule has 2 rings (SSSR count). The Balaban J connectivity index is 1.95. The van der Waals surface area contributed by atoms with E-state index >= 15 is 0 Å². The Kier molecular flexibility index (Phi) is 4.34. The third kappa shape index (κ3) is 3.84. The van der Waals surface area contributed by atoms with E-state index in [1.165, 1.54) is 0 Å². The van der Waals surface area contributed by atoms with Crippen LogP contribution in [0.1, 0.15) is 12.5 Å². The number of amides is 2. The van der Waals surface area contributed by atoms with Crippen LogP contribution in [0.25, 0.3) is 0 Å². The number of hydrazone groups is 1. The molecule has 2 aromatic carbocycles. The van der Waals surface area contributed by atoms with Crippen molar-refractivity contribution < 1.29 is 4.79 Å². The Labute approximate surface area is 117 Å². The van der Waals surface area contributed by atoms with Gasteiger partial charge >= 0.3 is 6.03 Å². The van der Waals surface area contributed by atoms with Gasteiger partial charge in [0.15, 0.2) is 0 Å². The van der Waals surface area contributed by atoms with Crippen LogP contribution in [0.5, 0.6) is 0 Å². The largest absolute Gasteiger partial charge is 0.399 e. The third-order valence-corrected chi connectivity index (χ3v) is 2.69. The number of nitrogens with two attached hydrogens (primary N) is 1. The Bertz CT molecular complexity index is 606. The molecule has 0 aliphatic heterocycles.